The minimum absolute atomic E-state index is 0.0617. The molecule has 1 aliphatic heterocycles. The van der Waals surface area contributed by atoms with Gasteiger partial charge in [-0.2, -0.15) is 5.10 Å². The van der Waals surface area contributed by atoms with E-state index in [2.05, 4.69) is 15.5 Å². The Morgan fingerprint density at radius 1 is 1.33 bits per heavy atom. The number of benzene rings is 1. The Bertz CT molecular complexity index is 716. The second kappa shape index (κ2) is 5.55. The van der Waals surface area contributed by atoms with E-state index in [1.165, 1.54) is 11.8 Å². The molecule has 110 valence electrons. The van der Waals surface area contributed by atoms with Gasteiger partial charge in [0.25, 0.3) is 0 Å². The number of hydrogen-bond donors (Lipinski definition) is 2. The van der Waals surface area contributed by atoms with E-state index in [0.717, 1.165) is 16.8 Å². The third-order valence-corrected chi connectivity index (χ3v) is 5.69. The van der Waals surface area contributed by atoms with Crippen LogP contribution in [0.5, 0.6) is 0 Å². The fourth-order valence-corrected chi connectivity index (χ4v) is 4.20. The molecule has 0 aliphatic carbocycles. The molecule has 0 unspecified atom stereocenters. The van der Waals surface area contributed by atoms with Crippen LogP contribution in [-0.2, 0) is 4.79 Å². The molecule has 0 bridgehead atoms. The predicted molar refractivity (Wildman–Crippen MR) is 87.3 cm³/mol. The van der Waals surface area contributed by atoms with Crippen molar-refractivity contribution in [1.82, 2.24) is 10.2 Å². The van der Waals surface area contributed by atoms with Crippen molar-refractivity contribution in [3.8, 4) is 0 Å². The van der Waals surface area contributed by atoms with Gasteiger partial charge in [0.05, 0.1) is 20.5 Å². The second-order valence-electron chi connectivity index (χ2n) is 4.90. The molecule has 2 heterocycles. The topological polar surface area (TPSA) is 57.8 Å². The second-order valence-corrected chi connectivity index (χ2v) is 7.14. The molecule has 3 rings (SSSR count). The first kappa shape index (κ1) is 14.8. The molecule has 0 radical (unpaired) electrons. The van der Waals surface area contributed by atoms with Gasteiger partial charge in [-0.1, -0.05) is 35.3 Å². The molecule has 7 heteroatoms. The lowest BCUT2D eigenvalue weighted by Gasteiger charge is -2.19. The number of carbonyl (C=O) groups excluding carboxylic acids is 1. The molecule has 1 aliphatic rings. The van der Waals surface area contributed by atoms with Crippen molar-refractivity contribution < 1.29 is 4.79 Å². The van der Waals surface area contributed by atoms with E-state index in [4.69, 9.17) is 23.2 Å². The number of aromatic nitrogens is 2. The number of carbonyl (C=O) groups is 1. The first-order valence-corrected chi connectivity index (χ1v) is 8.14. The van der Waals surface area contributed by atoms with Gasteiger partial charge in [0.1, 0.15) is 0 Å². The van der Waals surface area contributed by atoms with Crippen LogP contribution in [0.4, 0.5) is 5.82 Å². The zero-order chi connectivity index (χ0) is 15.1. The summed E-state index contributed by atoms with van der Waals surface area (Å²) in [5, 5.41) is 10.7. The van der Waals surface area contributed by atoms with Gasteiger partial charge < -0.3 is 5.32 Å². The fourth-order valence-electron chi connectivity index (χ4n) is 2.36. The van der Waals surface area contributed by atoms with Crippen molar-refractivity contribution in [3.63, 3.8) is 0 Å². The van der Waals surface area contributed by atoms with E-state index in [0.29, 0.717) is 15.9 Å². The summed E-state index contributed by atoms with van der Waals surface area (Å²) >= 11 is 14.0. The van der Waals surface area contributed by atoms with Gasteiger partial charge in [-0.05, 0) is 25.5 Å². The molecule has 0 saturated carbocycles. The van der Waals surface area contributed by atoms with Crippen LogP contribution in [0.15, 0.2) is 18.2 Å². The Kier molecular flexibility index (Phi) is 3.90. The molecule has 4 nitrogen and oxygen atoms in total. The number of hydrogen-bond acceptors (Lipinski definition) is 3. The number of anilines is 1. The van der Waals surface area contributed by atoms with Gasteiger partial charge in [0.2, 0.25) is 5.91 Å². The monoisotopic (exact) mass is 341 g/mol. The van der Waals surface area contributed by atoms with Crippen molar-refractivity contribution in [1.29, 1.82) is 0 Å². The summed E-state index contributed by atoms with van der Waals surface area (Å²) in [4.78, 5) is 12.1. The number of aryl methyl sites for hydroxylation is 1. The normalized spacial score (nSPS) is 21.6. The van der Waals surface area contributed by atoms with Gasteiger partial charge in [0, 0.05) is 11.3 Å². The highest BCUT2D eigenvalue weighted by Gasteiger charge is 2.33. The van der Waals surface area contributed by atoms with Crippen LogP contribution >= 0.6 is 35.0 Å². The standard InChI is InChI=1S/C14H13Cl2N3OS/c1-6-10-12(8-4-3-5-9(15)11(8)16)21-7(2)14(20)17-13(10)19-18-6/h3-5,7,12H,1-2H3,(H2,17,18,19,20)/t7-,12+/m1/s1. The number of thioether (sulfide) groups is 1. The maximum Gasteiger partial charge on any atom is 0.238 e. The highest BCUT2D eigenvalue weighted by molar-refractivity contribution is 8.01. The summed E-state index contributed by atoms with van der Waals surface area (Å²) in [6.45, 7) is 3.80. The molecule has 1 amide bonds. The number of H-pyrrole nitrogens is 1. The van der Waals surface area contributed by atoms with E-state index in [1.807, 2.05) is 26.0 Å². The fraction of sp³-hybridized carbons (Fsp3) is 0.286. The van der Waals surface area contributed by atoms with Crippen LogP contribution in [0.25, 0.3) is 0 Å². The Morgan fingerprint density at radius 3 is 2.86 bits per heavy atom. The zero-order valence-corrected chi connectivity index (χ0v) is 13.7. The lowest BCUT2D eigenvalue weighted by Crippen LogP contribution is -2.21. The minimum Gasteiger partial charge on any atom is -0.308 e. The Balaban J connectivity index is 2.18. The quantitative estimate of drug-likeness (QED) is 0.817. The van der Waals surface area contributed by atoms with E-state index < -0.39 is 0 Å². The average molecular weight is 342 g/mol. The van der Waals surface area contributed by atoms with Gasteiger partial charge in [-0.15, -0.1) is 11.8 Å². The van der Waals surface area contributed by atoms with E-state index in [9.17, 15) is 4.79 Å². The minimum atomic E-state index is -0.210. The van der Waals surface area contributed by atoms with Gasteiger partial charge in [-0.3, -0.25) is 9.89 Å². The van der Waals surface area contributed by atoms with Gasteiger partial charge in [0.15, 0.2) is 5.82 Å². The molecular weight excluding hydrogens is 329 g/mol. The molecule has 21 heavy (non-hydrogen) atoms. The number of nitrogens with one attached hydrogen (secondary N) is 2. The van der Waals surface area contributed by atoms with Crippen molar-refractivity contribution in [2.45, 2.75) is 24.3 Å². The molecule has 2 aromatic rings. The first-order chi connectivity index (χ1) is 9.99. The molecule has 2 N–H and O–H groups in total. The maximum atomic E-state index is 12.1. The number of amides is 1. The number of fused-ring (bicyclic) bond motifs is 1. The van der Waals surface area contributed by atoms with Crippen LogP contribution < -0.4 is 5.32 Å². The molecule has 1 aromatic carbocycles. The summed E-state index contributed by atoms with van der Waals surface area (Å²) in [6.07, 6.45) is 0. The van der Waals surface area contributed by atoms with Crippen LogP contribution in [0.2, 0.25) is 10.0 Å². The maximum absolute atomic E-state index is 12.1. The number of nitrogens with zero attached hydrogens (tertiary/aromatic N) is 1. The SMILES string of the molecule is Cc1[nH]nc2c1[C@H](c1cccc(Cl)c1Cl)S[C@H](C)C(=O)N2. The third kappa shape index (κ3) is 2.54. The lowest BCUT2D eigenvalue weighted by molar-refractivity contribution is -0.115. The van der Waals surface area contributed by atoms with Gasteiger partial charge in [-0.25, -0.2) is 0 Å². The highest BCUT2D eigenvalue weighted by atomic mass is 35.5. The largest absolute Gasteiger partial charge is 0.308 e. The summed E-state index contributed by atoms with van der Waals surface area (Å²) in [6, 6.07) is 5.55. The van der Waals surface area contributed by atoms with Gasteiger partial charge >= 0.3 is 0 Å². The van der Waals surface area contributed by atoms with Crippen molar-refractivity contribution in [2.24, 2.45) is 0 Å². The smallest absolute Gasteiger partial charge is 0.238 e. The Hall–Kier alpha value is -1.17. The molecule has 0 fully saturated rings. The molecular formula is C14H13Cl2N3OS. The van der Waals surface area contributed by atoms with Crippen molar-refractivity contribution in [3.05, 3.63) is 45.1 Å². The van der Waals surface area contributed by atoms with Crippen molar-refractivity contribution >= 4 is 46.7 Å². The van der Waals surface area contributed by atoms with Crippen molar-refractivity contribution in [2.75, 3.05) is 5.32 Å². The van der Waals surface area contributed by atoms with E-state index in [-0.39, 0.29) is 16.4 Å². The Labute approximate surface area is 136 Å². The summed E-state index contributed by atoms with van der Waals surface area (Å²) in [5.74, 6) is 0.504. The van der Waals surface area contributed by atoms with E-state index >= 15 is 0 Å². The number of aromatic amines is 1. The molecule has 2 atom stereocenters. The summed E-state index contributed by atoms with van der Waals surface area (Å²) in [7, 11) is 0. The number of halogens is 2. The van der Waals surface area contributed by atoms with E-state index in [1.54, 1.807) is 6.07 Å². The highest BCUT2D eigenvalue weighted by Crippen LogP contribution is 2.47. The lowest BCUT2D eigenvalue weighted by atomic mass is 10.0. The number of rotatable bonds is 1. The molecule has 0 spiro atoms. The molecule has 0 saturated heterocycles. The Morgan fingerprint density at radius 2 is 2.10 bits per heavy atom. The van der Waals surface area contributed by atoms with Crippen LogP contribution in [-0.4, -0.2) is 21.4 Å². The van der Waals surface area contributed by atoms with Crippen LogP contribution in [0.1, 0.15) is 29.0 Å². The van der Waals surface area contributed by atoms with Crippen LogP contribution in [0.3, 0.4) is 0 Å². The average Bonchev–Trinajstić information content (AvgIpc) is 2.74. The molecule has 1 aromatic heterocycles. The third-order valence-electron chi connectivity index (χ3n) is 3.47. The first-order valence-electron chi connectivity index (χ1n) is 6.44. The zero-order valence-electron chi connectivity index (χ0n) is 11.4. The summed E-state index contributed by atoms with van der Waals surface area (Å²) in [5.41, 5.74) is 2.75. The predicted octanol–water partition coefficient (Wildman–Crippen LogP) is 4.19. The summed E-state index contributed by atoms with van der Waals surface area (Å²) < 4.78 is 0. The van der Waals surface area contributed by atoms with Crippen LogP contribution in [0, 0.1) is 6.92 Å².